The van der Waals surface area contributed by atoms with Crippen LogP contribution in [-0.4, -0.2) is 33.5 Å². The molecule has 0 aromatic heterocycles. The lowest BCUT2D eigenvalue weighted by molar-refractivity contribution is -0.373. The number of carbonyl (C=O) groups excluding carboxylic acids is 3. The molecule has 0 radical (unpaired) electrons. The Morgan fingerprint density at radius 2 is 1.59 bits per heavy atom. The second-order valence-electron chi connectivity index (χ2n) is 6.78. The predicted octanol–water partition coefficient (Wildman–Crippen LogP) is 3.62. The third-order valence-corrected chi connectivity index (χ3v) is 4.66. The van der Waals surface area contributed by atoms with Crippen LogP contribution in [0.3, 0.4) is 0 Å². The van der Waals surface area contributed by atoms with E-state index in [1.165, 1.54) is 0 Å². The van der Waals surface area contributed by atoms with Crippen LogP contribution in [0, 0.1) is 5.21 Å². The van der Waals surface area contributed by atoms with Crippen LogP contribution in [0.1, 0.15) is 59.3 Å². The molecule has 0 atom stereocenters. The highest BCUT2D eigenvalue weighted by atomic mass is 16.5. The molecule has 0 unspecified atom stereocenters. The summed E-state index contributed by atoms with van der Waals surface area (Å²) in [6.07, 6.45) is 9.01. The first-order chi connectivity index (χ1) is 12.8. The highest BCUT2D eigenvalue weighted by Gasteiger charge is 2.35. The SMILES string of the molecule is CCCCC1=CC(=C2C=[N+]([O-])C(=O)C(C(C)=O)=C2O)C=C(CCCC)C1=O. The number of unbranched alkanes of at least 4 members (excludes halogenated alkanes) is 2. The van der Waals surface area contributed by atoms with Crippen LogP contribution >= 0.6 is 0 Å². The monoisotopic (exact) mass is 371 g/mol. The van der Waals surface area contributed by atoms with Gasteiger partial charge in [-0.05, 0) is 50.3 Å². The molecule has 144 valence electrons. The zero-order chi connectivity index (χ0) is 20.1. The van der Waals surface area contributed by atoms with Gasteiger partial charge in [-0.25, -0.2) is 4.79 Å². The van der Waals surface area contributed by atoms with E-state index < -0.39 is 23.0 Å². The first kappa shape index (κ1) is 20.6. The summed E-state index contributed by atoms with van der Waals surface area (Å²) in [5.41, 5.74) is 1.27. The first-order valence-corrected chi connectivity index (χ1v) is 9.32. The van der Waals surface area contributed by atoms with E-state index in [-0.39, 0.29) is 16.1 Å². The van der Waals surface area contributed by atoms with Crippen molar-refractivity contribution in [1.82, 2.24) is 0 Å². The summed E-state index contributed by atoms with van der Waals surface area (Å²) < 4.78 is 0.0499. The summed E-state index contributed by atoms with van der Waals surface area (Å²) in [7, 11) is 0. The number of allylic oxidation sites excluding steroid dienone is 6. The normalized spacial score (nSPS) is 17.8. The van der Waals surface area contributed by atoms with Crippen molar-refractivity contribution in [2.75, 3.05) is 0 Å². The molecule has 0 aromatic rings. The van der Waals surface area contributed by atoms with Gasteiger partial charge in [0.1, 0.15) is 0 Å². The first-order valence-electron chi connectivity index (χ1n) is 9.32. The average Bonchev–Trinajstić information content (AvgIpc) is 2.62. The van der Waals surface area contributed by atoms with Crippen molar-refractivity contribution < 1.29 is 24.2 Å². The van der Waals surface area contributed by atoms with Crippen LogP contribution in [0.5, 0.6) is 0 Å². The average molecular weight is 371 g/mol. The minimum Gasteiger partial charge on any atom is -0.616 e. The molecule has 1 aliphatic carbocycles. The molecule has 6 heteroatoms. The van der Waals surface area contributed by atoms with Crippen molar-refractivity contribution in [3.05, 3.63) is 51.0 Å². The number of nitrogens with zero attached hydrogens (tertiary/aromatic N) is 1. The molecule has 2 rings (SSSR count). The number of aliphatic hydroxyl groups excluding tert-OH is 1. The Bertz CT molecular complexity index is 807. The quantitative estimate of drug-likeness (QED) is 0.419. The zero-order valence-corrected chi connectivity index (χ0v) is 16.0. The number of hydrogen-bond donors (Lipinski definition) is 1. The Balaban J connectivity index is 2.64. The number of amides is 1. The summed E-state index contributed by atoms with van der Waals surface area (Å²) in [6.45, 7) is 5.19. The molecule has 1 aliphatic heterocycles. The van der Waals surface area contributed by atoms with Gasteiger partial charge >= 0.3 is 5.91 Å². The summed E-state index contributed by atoms with van der Waals surface area (Å²) >= 11 is 0. The molecule has 2 aliphatic rings. The van der Waals surface area contributed by atoms with Gasteiger partial charge in [-0.2, -0.15) is 0 Å². The molecule has 0 saturated carbocycles. The van der Waals surface area contributed by atoms with E-state index in [0.717, 1.165) is 38.8 Å². The van der Waals surface area contributed by atoms with Gasteiger partial charge in [0.25, 0.3) is 0 Å². The largest absolute Gasteiger partial charge is 0.616 e. The van der Waals surface area contributed by atoms with Gasteiger partial charge in [0.2, 0.25) is 0 Å². The van der Waals surface area contributed by atoms with Crippen molar-refractivity contribution >= 4 is 23.7 Å². The number of carbonyl (C=O) groups is 3. The number of hydroxylamine groups is 1. The van der Waals surface area contributed by atoms with Crippen LogP contribution in [0.25, 0.3) is 0 Å². The Morgan fingerprint density at radius 3 is 2.04 bits per heavy atom. The fraction of sp³-hybridized carbons (Fsp3) is 0.429. The fourth-order valence-electron chi connectivity index (χ4n) is 3.13. The molecule has 1 N–H and O–H groups in total. The highest BCUT2D eigenvalue weighted by Crippen LogP contribution is 2.30. The van der Waals surface area contributed by atoms with E-state index in [4.69, 9.17) is 0 Å². The summed E-state index contributed by atoms with van der Waals surface area (Å²) in [6, 6.07) is 0. The molecule has 1 amide bonds. The van der Waals surface area contributed by atoms with Crippen molar-refractivity contribution in [3.63, 3.8) is 0 Å². The van der Waals surface area contributed by atoms with Crippen LogP contribution in [0.4, 0.5) is 0 Å². The number of Topliss-reactive ketones (excluding diaryl/α,β-unsaturated/α-hetero) is 2. The van der Waals surface area contributed by atoms with Gasteiger partial charge in [-0.15, -0.1) is 4.74 Å². The lowest BCUT2D eigenvalue weighted by Crippen LogP contribution is -2.29. The summed E-state index contributed by atoms with van der Waals surface area (Å²) in [4.78, 5) is 36.3. The third kappa shape index (κ3) is 4.32. The Hall–Kier alpha value is -2.76. The van der Waals surface area contributed by atoms with E-state index in [2.05, 4.69) is 0 Å². The number of hydrogen-bond acceptors (Lipinski definition) is 5. The smallest absolute Gasteiger partial charge is 0.437 e. The lowest BCUT2D eigenvalue weighted by Gasteiger charge is -2.19. The van der Waals surface area contributed by atoms with Crippen LogP contribution < -0.4 is 0 Å². The van der Waals surface area contributed by atoms with E-state index in [9.17, 15) is 24.7 Å². The van der Waals surface area contributed by atoms with Gasteiger partial charge in [0.15, 0.2) is 29.1 Å². The van der Waals surface area contributed by atoms with Crippen molar-refractivity contribution in [2.24, 2.45) is 0 Å². The molecule has 0 fully saturated rings. The predicted molar refractivity (Wildman–Crippen MR) is 102 cm³/mol. The molecule has 27 heavy (non-hydrogen) atoms. The molecule has 0 bridgehead atoms. The molecular formula is C21H25NO5. The van der Waals surface area contributed by atoms with Crippen LogP contribution in [0.15, 0.2) is 45.8 Å². The highest BCUT2D eigenvalue weighted by molar-refractivity contribution is 6.20. The van der Waals surface area contributed by atoms with E-state index >= 15 is 0 Å². The topological polar surface area (TPSA) is 97.5 Å². The minimum absolute atomic E-state index is 0.0117. The van der Waals surface area contributed by atoms with E-state index in [0.29, 0.717) is 29.6 Å². The lowest BCUT2D eigenvalue weighted by atomic mass is 9.85. The van der Waals surface area contributed by atoms with Crippen molar-refractivity contribution in [1.29, 1.82) is 0 Å². The van der Waals surface area contributed by atoms with Gasteiger partial charge < -0.3 is 10.3 Å². The second-order valence-corrected chi connectivity index (χ2v) is 6.78. The molecule has 0 spiro atoms. The van der Waals surface area contributed by atoms with Gasteiger partial charge in [0, 0.05) is 11.1 Å². The van der Waals surface area contributed by atoms with E-state index in [1.807, 2.05) is 13.8 Å². The molecular weight excluding hydrogens is 346 g/mol. The molecule has 0 saturated heterocycles. The van der Waals surface area contributed by atoms with Crippen LogP contribution in [-0.2, 0) is 14.4 Å². The maximum Gasteiger partial charge on any atom is 0.437 e. The summed E-state index contributed by atoms with van der Waals surface area (Å²) in [5, 5.41) is 22.4. The maximum absolute atomic E-state index is 12.7. The second kappa shape index (κ2) is 8.75. The Labute approximate surface area is 158 Å². The number of ketones is 2. The minimum atomic E-state index is -1.08. The molecule has 1 heterocycles. The van der Waals surface area contributed by atoms with Crippen LogP contribution in [0.2, 0.25) is 0 Å². The summed E-state index contributed by atoms with van der Waals surface area (Å²) in [5.74, 6) is -2.29. The van der Waals surface area contributed by atoms with Gasteiger partial charge in [-0.3, -0.25) is 9.59 Å². The number of rotatable bonds is 7. The van der Waals surface area contributed by atoms with Gasteiger partial charge in [-0.1, -0.05) is 26.7 Å². The Kier molecular flexibility index (Phi) is 6.66. The van der Waals surface area contributed by atoms with Gasteiger partial charge in [0.05, 0.1) is 5.57 Å². The fourth-order valence-corrected chi connectivity index (χ4v) is 3.13. The van der Waals surface area contributed by atoms with Crippen molar-refractivity contribution in [3.8, 4) is 0 Å². The standard InChI is InChI=1S/C21H25NO5/c1-4-6-8-14-10-16(11-15(19(14)24)9-7-5-2)17-12-22(27)21(26)18(13(3)23)20(17)25/h10-12,25H,4-9H2,1-3H3. The zero-order valence-electron chi connectivity index (χ0n) is 16.0. The Morgan fingerprint density at radius 1 is 1.07 bits per heavy atom. The molecule has 6 nitrogen and oxygen atoms in total. The number of aliphatic hydroxyl groups is 1. The maximum atomic E-state index is 12.7. The van der Waals surface area contributed by atoms with Crippen molar-refractivity contribution in [2.45, 2.75) is 59.3 Å². The third-order valence-electron chi connectivity index (χ3n) is 4.66. The molecule has 0 aromatic carbocycles. The van der Waals surface area contributed by atoms with E-state index in [1.54, 1.807) is 12.2 Å².